The first-order chi connectivity index (χ1) is 17.2. The second kappa shape index (κ2) is 24.1. The number of phosphoric acid groups is 1. The zero-order valence-electron chi connectivity index (χ0n) is 24.5. The van der Waals surface area contributed by atoms with Crippen molar-refractivity contribution in [3.8, 4) is 0 Å². The Labute approximate surface area is 223 Å². The molecule has 0 fully saturated rings. The Bertz CT molecular complexity index is 515. The molecule has 2 unspecified atom stereocenters. The van der Waals surface area contributed by atoms with Crippen molar-refractivity contribution in [1.29, 1.82) is 0 Å². The Kier molecular flexibility index (Phi) is 24.1. The van der Waals surface area contributed by atoms with E-state index in [9.17, 15) is 9.46 Å². The zero-order valence-corrected chi connectivity index (χ0v) is 25.4. The standard InChI is InChI=1S/C28H60NO6P/c1-6-8-10-11-12-13-14-15-16-17-18-19-20-21-23-32-26-28(33-24-9-7-2)27-35-36(30,31)34-25-22-29(3,4)5/h28H,6-27H2,1-5H3/p+1. The third-order valence-corrected chi connectivity index (χ3v) is 7.22. The number of rotatable bonds is 28. The maximum atomic E-state index is 12.2. The average molecular weight is 539 g/mol. The molecule has 0 saturated carbocycles. The van der Waals surface area contributed by atoms with Crippen molar-refractivity contribution in [3.63, 3.8) is 0 Å². The van der Waals surface area contributed by atoms with Crippen molar-refractivity contribution >= 4 is 7.82 Å². The second-order valence-electron chi connectivity index (χ2n) is 11.1. The summed E-state index contributed by atoms with van der Waals surface area (Å²) in [6, 6.07) is 0. The molecule has 0 saturated heterocycles. The number of hydrogen-bond donors (Lipinski definition) is 1. The summed E-state index contributed by atoms with van der Waals surface area (Å²) in [6.07, 6.45) is 20.3. The van der Waals surface area contributed by atoms with Crippen LogP contribution in [-0.2, 0) is 23.1 Å². The summed E-state index contributed by atoms with van der Waals surface area (Å²) >= 11 is 0. The summed E-state index contributed by atoms with van der Waals surface area (Å²) in [5, 5.41) is 0. The van der Waals surface area contributed by atoms with E-state index in [4.69, 9.17) is 18.5 Å². The molecule has 2 atom stereocenters. The van der Waals surface area contributed by atoms with Gasteiger partial charge in [-0.25, -0.2) is 4.57 Å². The molecule has 7 nitrogen and oxygen atoms in total. The summed E-state index contributed by atoms with van der Waals surface area (Å²) < 4.78 is 34.7. The van der Waals surface area contributed by atoms with Crippen molar-refractivity contribution in [3.05, 3.63) is 0 Å². The van der Waals surface area contributed by atoms with E-state index >= 15 is 0 Å². The Morgan fingerprint density at radius 1 is 0.639 bits per heavy atom. The van der Waals surface area contributed by atoms with Crippen LogP contribution < -0.4 is 0 Å². The molecule has 36 heavy (non-hydrogen) atoms. The van der Waals surface area contributed by atoms with Gasteiger partial charge in [0.1, 0.15) is 19.3 Å². The molecule has 0 amide bonds. The third-order valence-electron chi connectivity index (χ3n) is 6.24. The van der Waals surface area contributed by atoms with Crippen molar-refractivity contribution < 1.29 is 32.5 Å². The summed E-state index contributed by atoms with van der Waals surface area (Å²) in [5.74, 6) is 0. The van der Waals surface area contributed by atoms with Gasteiger partial charge in [-0.05, 0) is 12.8 Å². The molecule has 0 aliphatic rings. The highest BCUT2D eigenvalue weighted by molar-refractivity contribution is 7.47. The average Bonchev–Trinajstić information content (AvgIpc) is 2.81. The first-order valence-electron chi connectivity index (χ1n) is 14.8. The van der Waals surface area contributed by atoms with Crippen LogP contribution in [0.25, 0.3) is 0 Å². The van der Waals surface area contributed by atoms with Crippen molar-refractivity contribution in [2.45, 2.75) is 123 Å². The highest BCUT2D eigenvalue weighted by atomic mass is 31.2. The van der Waals surface area contributed by atoms with Gasteiger partial charge < -0.3 is 18.9 Å². The highest BCUT2D eigenvalue weighted by Crippen LogP contribution is 2.43. The molecular formula is C28H61NO6P+. The van der Waals surface area contributed by atoms with Crippen LogP contribution in [0.2, 0.25) is 0 Å². The normalized spacial score (nSPS) is 14.7. The van der Waals surface area contributed by atoms with Gasteiger partial charge in [0.25, 0.3) is 0 Å². The number of nitrogens with zero attached hydrogens (tertiary/aromatic N) is 1. The smallest absolute Gasteiger partial charge is 0.379 e. The molecule has 0 aromatic heterocycles. The van der Waals surface area contributed by atoms with Crippen LogP contribution in [0, 0.1) is 0 Å². The van der Waals surface area contributed by atoms with Crippen molar-refractivity contribution in [2.75, 3.05) is 60.7 Å². The minimum Gasteiger partial charge on any atom is -0.379 e. The molecule has 8 heteroatoms. The highest BCUT2D eigenvalue weighted by Gasteiger charge is 2.25. The lowest BCUT2D eigenvalue weighted by molar-refractivity contribution is -0.870. The summed E-state index contributed by atoms with van der Waals surface area (Å²) in [4.78, 5) is 9.95. The van der Waals surface area contributed by atoms with Gasteiger partial charge in [-0.2, -0.15) is 0 Å². The molecule has 0 radical (unpaired) electrons. The molecule has 1 N–H and O–H groups in total. The molecule has 0 aromatic rings. The fraction of sp³-hybridized carbons (Fsp3) is 1.00. The van der Waals surface area contributed by atoms with Crippen LogP contribution in [0.1, 0.15) is 117 Å². The molecule has 0 spiro atoms. The van der Waals surface area contributed by atoms with E-state index in [0.717, 1.165) is 19.3 Å². The summed E-state index contributed by atoms with van der Waals surface area (Å²) in [5.41, 5.74) is 0. The Hall–Kier alpha value is -0.0100. The van der Waals surface area contributed by atoms with Gasteiger partial charge in [-0.15, -0.1) is 0 Å². The number of quaternary nitrogens is 1. The maximum absolute atomic E-state index is 12.2. The van der Waals surface area contributed by atoms with Crippen molar-refractivity contribution in [2.24, 2.45) is 0 Å². The molecule has 0 aliphatic carbocycles. The predicted octanol–water partition coefficient (Wildman–Crippen LogP) is 7.51. The molecular weight excluding hydrogens is 477 g/mol. The first kappa shape index (κ1) is 36.0. The molecule has 0 bridgehead atoms. The first-order valence-corrected chi connectivity index (χ1v) is 16.3. The third kappa shape index (κ3) is 27.0. The van der Waals surface area contributed by atoms with Gasteiger partial charge in [-0.3, -0.25) is 9.05 Å². The number of unbranched alkanes of at least 4 members (excludes halogenated alkanes) is 14. The van der Waals surface area contributed by atoms with Gasteiger partial charge in [-0.1, -0.05) is 104 Å². The van der Waals surface area contributed by atoms with Gasteiger partial charge in [0.05, 0.1) is 34.4 Å². The van der Waals surface area contributed by atoms with Gasteiger partial charge in [0, 0.05) is 13.2 Å². The molecule has 0 aromatic carbocycles. The van der Waals surface area contributed by atoms with E-state index in [2.05, 4.69) is 13.8 Å². The summed E-state index contributed by atoms with van der Waals surface area (Å²) in [6.45, 7) is 6.77. The number of hydrogen-bond acceptors (Lipinski definition) is 5. The van der Waals surface area contributed by atoms with Crippen LogP contribution in [0.3, 0.4) is 0 Å². The molecule has 0 heterocycles. The van der Waals surface area contributed by atoms with Gasteiger partial charge >= 0.3 is 7.82 Å². The van der Waals surface area contributed by atoms with E-state index in [-0.39, 0.29) is 19.3 Å². The van der Waals surface area contributed by atoms with E-state index in [1.54, 1.807) is 0 Å². The van der Waals surface area contributed by atoms with Crippen LogP contribution in [0.4, 0.5) is 0 Å². The second-order valence-corrected chi connectivity index (χ2v) is 12.6. The van der Waals surface area contributed by atoms with Crippen LogP contribution >= 0.6 is 7.82 Å². The number of ether oxygens (including phenoxy) is 2. The topological polar surface area (TPSA) is 74.2 Å². The van der Waals surface area contributed by atoms with Crippen LogP contribution in [-0.4, -0.2) is 76.2 Å². The number of likely N-dealkylation sites (N-methyl/N-ethyl adjacent to an activating group) is 1. The van der Waals surface area contributed by atoms with Crippen molar-refractivity contribution in [1.82, 2.24) is 0 Å². The monoisotopic (exact) mass is 538 g/mol. The van der Waals surface area contributed by atoms with Gasteiger partial charge in [0.2, 0.25) is 0 Å². The minimum absolute atomic E-state index is 0.0133. The quantitative estimate of drug-likeness (QED) is 0.0631. The lowest BCUT2D eigenvalue weighted by Gasteiger charge is -2.24. The fourth-order valence-electron chi connectivity index (χ4n) is 3.80. The Balaban J connectivity index is 3.82. The van der Waals surface area contributed by atoms with Crippen LogP contribution in [0.15, 0.2) is 0 Å². The Morgan fingerprint density at radius 3 is 1.64 bits per heavy atom. The van der Waals surface area contributed by atoms with E-state index in [1.165, 1.54) is 83.5 Å². The largest absolute Gasteiger partial charge is 0.472 e. The lowest BCUT2D eigenvalue weighted by atomic mass is 10.0. The number of phosphoric ester groups is 1. The molecule has 218 valence electrons. The SMILES string of the molecule is CCCCCCCCCCCCCCCCOCC(COP(=O)(O)OCC[N+](C)(C)C)OCCCC. The molecule has 0 aliphatic heterocycles. The lowest BCUT2D eigenvalue weighted by Crippen LogP contribution is -2.37. The van der Waals surface area contributed by atoms with E-state index in [0.29, 0.717) is 30.8 Å². The zero-order chi connectivity index (χ0) is 27.0. The molecule has 0 rings (SSSR count). The maximum Gasteiger partial charge on any atom is 0.472 e. The van der Waals surface area contributed by atoms with E-state index in [1.807, 2.05) is 21.1 Å². The van der Waals surface area contributed by atoms with Crippen LogP contribution in [0.5, 0.6) is 0 Å². The predicted molar refractivity (Wildman–Crippen MR) is 150 cm³/mol. The Morgan fingerprint density at radius 2 is 1.14 bits per heavy atom. The van der Waals surface area contributed by atoms with E-state index < -0.39 is 7.82 Å². The minimum atomic E-state index is -4.09. The summed E-state index contributed by atoms with van der Waals surface area (Å²) in [7, 11) is 1.91. The van der Waals surface area contributed by atoms with Gasteiger partial charge in [0.15, 0.2) is 0 Å². The fourth-order valence-corrected chi connectivity index (χ4v) is 4.54.